The summed E-state index contributed by atoms with van der Waals surface area (Å²) in [4.78, 5) is 25.1. The van der Waals surface area contributed by atoms with E-state index in [9.17, 15) is 9.59 Å². The van der Waals surface area contributed by atoms with Crippen LogP contribution in [0.3, 0.4) is 0 Å². The Morgan fingerprint density at radius 3 is 2.77 bits per heavy atom. The fourth-order valence-corrected chi connectivity index (χ4v) is 3.55. The van der Waals surface area contributed by atoms with Crippen LogP contribution in [0.2, 0.25) is 0 Å². The van der Waals surface area contributed by atoms with Gasteiger partial charge in [-0.3, -0.25) is 9.59 Å². The van der Waals surface area contributed by atoms with Gasteiger partial charge in [0.2, 0.25) is 11.1 Å². The lowest BCUT2D eigenvalue weighted by Crippen LogP contribution is -2.32. The zero-order valence-corrected chi connectivity index (χ0v) is 15.9. The topological polar surface area (TPSA) is 103 Å². The second kappa shape index (κ2) is 7.71. The standard InChI is InChI=1S/C17H17N5O2S2/c1-10-5-6-12(8-11(10)2)19-14(23)9-26-17-21-20-15(16(24)22(17)18)13-4-3-7-25-13/h3-8H,9,18H2,1-2H3,(H,19,23). The Hall–Kier alpha value is -2.65. The van der Waals surface area contributed by atoms with Crippen molar-refractivity contribution in [3.05, 3.63) is 57.2 Å². The molecular weight excluding hydrogens is 370 g/mol. The molecule has 2 heterocycles. The van der Waals surface area contributed by atoms with E-state index in [0.717, 1.165) is 33.3 Å². The number of nitrogens with zero attached hydrogens (tertiary/aromatic N) is 3. The highest BCUT2D eigenvalue weighted by Gasteiger charge is 2.14. The molecule has 0 spiro atoms. The largest absolute Gasteiger partial charge is 0.334 e. The van der Waals surface area contributed by atoms with Gasteiger partial charge in [0.1, 0.15) is 0 Å². The van der Waals surface area contributed by atoms with Gasteiger partial charge in [-0.05, 0) is 48.6 Å². The van der Waals surface area contributed by atoms with Crippen molar-refractivity contribution in [2.75, 3.05) is 16.9 Å². The third-order valence-corrected chi connectivity index (χ3v) is 5.56. The molecule has 3 N–H and O–H groups in total. The molecule has 134 valence electrons. The molecule has 0 unspecified atom stereocenters. The number of hydrogen-bond acceptors (Lipinski definition) is 7. The number of anilines is 1. The smallest absolute Gasteiger partial charge is 0.300 e. The molecule has 26 heavy (non-hydrogen) atoms. The lowest BCUT2D eigenvalue weighted by molar-refractivity contribution is -0.113. The van der Waals surface area contributed by atoms with Crippen molar-refractivity contribution in [3.63, 3.8) is 0 Å². The van der Waals surface area contributed by atoms with Gasteiger partial charge in [-0.15, -0.1) is 21.5 Å². The van der Waals surface area contributed by atoms with Crippen LogP contribution in [0.15, 0.2) is 45.7 Å². The molecule has 0 radical (unpaired) electrons. The predicted octanol–water partition coefficient (Wildman–Crippen LogP) is 2.43. The highest BCUT2D eigenvalue weighted by molar-refractivity contribution is 7.99. The highest BCUT2D eigenvalue weighted by Crippen LogP contribution is 2.20. The van der Waals surface area contributed by atoms with E-state index in [1.165, 1.54) is 11.3 Å². The van der Waals surface area contributed by atoms with Crippen LogP contribution in [0.1, 0.15) is 11.1 Å². The average Bonchev–Trinajstić information content (AvgIpc) is 3.14. The molecular formula is C17H17N5O2S2. The molecule has 2 aromatic heterocycles. The summed E-state index contributed by atoms with van der Waals surface area (Å²) in [6, 6.07) is 9.30. The van der Waals surface area contributed by atoms with E-state index in [2.05, 4.69) is 15.5 Å². The van der Waals surface area contributed by atoms with Gasteiger partial charge in [-0.1, -0.05) is 23.9 Å². The van der Waals surface area contributed by atoms with E-state index in [4.69, 9.17) is 5.84 Å². The number of thiophene rings is 1. The summed E-state index contributed by atoms with van der Waals surface area (Å²) in [5, 5.41) is 12.8. The first-order chi connectivity index (χ1) is 12.5. The summed E-state index contributed by atoms with van der Waals surface area (Å²) in [7, 11) is 0. The number of thioether (sulfide) groups is 1. The predicted molar refractivity (Wildman–Crippen MR) is 105 cm³/mol. The number of hydrogen-bond donors (Lipinski definition) is 2. The molecule has 0 aliphatic heterocycles. The lowest BCUT2D eigenvalue weighted by atomic mass is 10.1. The fourth-order valence-electron chi connectivity index (χ4n) is 2.20. The van der Waals surface area contributed by atoms with Gasteiger partial charge >= 0.3 is 0 Å². The molecule has 0 aliphatic carbocycles. The van der Waals surface area contributed by atoms with Crippen LogP contribution < -0.4 is 16.7 Å². The quantitative estimate of drug-likeness (QED) is 0.515. The van der Waals surface area contributed by atoms with E-state index >= 15 is 0 Å². The number of benzene rings is 1. The van der Waals surface area contributed by atoms with Gasteiger partial charge in [-0.25, -0.2) is 0 Å². The molecule has 0 saturated carbocycles. The molecule has 3 rings (SSSR count). The summed E-state index contributed by atoms with van der Waals surface area (Å²) >= 11 is 2.44. The molecule has 0 aliphatic rings. The van der Waals surface area contributed by atoms with Crippen molar-refractivity contribution >= 4 is 34.7 Å². The van der Waals surface area contributed by atoms with Gasteiger partial charge in [0.15, 0.2) is 5.69 Å². The fraction of sp³-hybridized carbons (Fsp3) is 0.176. The zero-order chi connectivity index (χ0) is 18.7. The number of nitrogen functional groups attached to an aromatic ring is 1. The van der Waals surface area contributed by atoms with Gasteiger partial charge in [0, 0.05) is 5.69 Å². The molecule has 0 saturated heterocycles. The van der Waals surface area contributed by atoms with Crippen molar-refractivity contribution < 1.29 is 4.79 Å². The first-order valence-electron chi connectivity index (χ1n) is 7.74. The van der Waals surface area contributed by atoms with Crippen molar-refractivity contribution in [1.82, 2.24) is 14.9 Å². The molecule has 0 fully saturated rings. The van der Waals surface area contributed by atoms with Gasteiger partial charge < -0.3 is 11.2 Å². The SMILES string of the molecule is Cc1ccc(NC(=O)CSc2nnc(-c3cccs3)c(=O)n2N)cc1C. The Bertz CT molecular complexity index is 999. The normalized spacial score (nSPS) is 10.7. The molecule has 7 nitrogen and oxygen atoms in total. The summed E-state index contributed by atoms with van der Waals surface area (Å²) in [6.07, 6.45) is 0. The number of aromatic nitrogens is 3. The van der Waals surface area contributed by atoms with E-state index in [-0.39, 0.29) is 22.5 Å². The van der Waals surface area contributed by atoms with E-state index in [1.54, 1.807) is 6.07 Å². The van der Waals surface area contributed by atoms with Gasteiger partial charge in [0.25, 0.3) is 5.56 Å². The maximum atomic E-state index is 12.3. The minimum absolute atomic E-state index is 0.0661. The van der Waals surface area contributed by atoms with Crippen molar-refractivity contribution in [2.24, 2.45) is 0 Å². The Labute approximate surface area is 158 Å². The number of nitrogens with two attached hydrogens (primary N) is 1. The number of nitrogens with one attached hydrogen (secondary N) is 1. The molecule has 0 atom stereocenters. The van der Waals surface area contributed by atoms with Crippen molar-refractivity contribution in [1.29, 1.82) is 0 Å². The van der Waals surface area contributed by atoms with Gasteiger partial charge in [0.05, 0.1) is 10.6 Å². The number of carbonyl (C=O) groups is 1. The Morgan fingerprint density at radius 1 is 1.27 bits per heavy atom. The number of aryl methyl sites for hydroxylation is 2. The summed E-state index contributed by atoms with van der Waals surface area (Å²) in [6.45, 7) is 3.99. The van der Waals surface area contributed by atoms with Crippen molar-refractivity contribution in [3.8, 4) is 10.6 Å². The number of rotatable bonds is 5. The van der Waals surface area contributed by atoms with Crippen LogP contribution in [-0.4, -0.2) is 26.5 Å². The molecule has 9 heteroatoms. The first kappa shape index (κ1) is 18.2. The van der Waals surface area contributed by atoms with Gasteiger partial charge in [-0.2, -0.15) is 4.68 Å². The number of carbonyl (C=O) groups excluding carboxylic acids is 1. The molecule has 0 bridgehead atoms. The minimum atomic E-state index is -0.445. The monoisotopic (exact) mass is 387 g/mol. The zero-order valence-electron chi connectivity index (χ0n) is 14.2. The third-order valence-electron chi connectivity index (χ3n) is 3.74. The number of amides is 1. The second-order valence-electron chi connectivity index (χ2n) is 5.62. The molecule has 3 aromatic rings. The van der Waals surface area contributed by atoms with Crippen LogP contribution in [-0.2, 0) is 4.79 Å². The van der Waals surface area contributed by atoms with Crippen LogP contribution >= 0.6 is 23.1 Å². The van der Waals surface area contributed by atoms with Crippen LogP contribution in [0.25, 0.3) is 10.6 Å². The minimum Gasteiger partial charge on any atom is -0.334 e. The second-order valence-corrected chi connectivity index (χ2v) is 7.51. The first-order valence-corrected chi connectivity index (χ1v) is 9.61. The lowest BCUT2D eigenvalue weighted by Gasteiger charge is -2.09. The van der Waals surface area contributed by atoms with Crippen LogP contribution in [0, 0.1) is 13.8 Å². The Kier molecular flexibility index (Phi) is 5.38. The average molecular weight is 387 g/mol. The third kappa shape index (κ3) is 3.94. The van der Waals surface area contributed by atoms with E-state index in [0.29, 0.717) is 4.88 Å². The van der Waals surface area contributed by atoms with Crippen molar-refractivity contribution in [2.45, 2.75) is 19.0 Å². The summed E-state index contributed by atoms with van der Waals surface area (Å²) in [5.41, 5.74) is 2.74. The Morgan fingerprint density at radius 2 is 2.08 bits per heavy atom. The summed E-state index contributed by atoms with van der Waals surface area (Å²) < 4.78 is 0.927. The summed E-state index contributed by atoms with van der Waals surface area (Å²) in [5.74, 6) is 5.67. The van der Waals surface area contributed by atoms with E-state index < -0.39 is 5.56 Å². The van der Waals surface area contributed by atoms with E-state index in [1.807, 2.05) is 43.5 Å². The molecule has 1 amide bonds. The molecule has 1 aromatic carbocycles. The maximum absolute atomic E-state index is 12.3. The van der Waals surface area contributed by atoms with Crippen LogP contribution in [0.5, 0.6) is 0 Å². The Balaban J connectivity index is 1.67. The van der Waals surface area contributed by atoms with Crippen LogP contribution in [0.4, 0.5) is 5.69 Å². The highest BCUT2D eigenvalue weighted by atomic mass is 32.2. The maximum Gasteiger partial charge on any atom is 0.300 e.